The SMILES string of the molecule is c1ccc(-c2ccccc2N(c2ccc3ccccc3c2)c2ccc3c4ccccc4n(-c4c(-c5ccccc5)ccc5ccccc45)c3c2)cc1. The van der Waals surface area contributed by atoms with Crippen LogP contribution in [-0.2, 0) is 0 Å². The van der Waals surface area contributed by atoms with Gasteiger partial charge in [-0.25, -0.2) is 0 Å². The minimum Gasteiger partial charge on any atom is -0.310 e. The quantitative estimate of drug-likeness (QED) is 0.172. The Bertz CT molecular complexity index is 2900. The summed E-state index contributed by atoms with van der Waals surface area (Å²) < 4.78 is 2.50. The minimum atomic E-state index is 1.09. The molecule has 9 aromatic carbocycles. The van der Waals surface area contributed by atoms with E-state index in [2.05, 4.69) is 216 Å². The lowest BCUT2D eigenvalue weighted by atomic mass is 9.98. The van der Waals surface area contributed by atoms with Crippen molar-refractivity contribution in [1.29, 1.82) is 0 Å². The second kappa shape index (κ2) is 12.5. The Balaban J connectivity index is 1.30. The number of hydrogen-bond acceptors (Lipinski definition) is 1. The van der Waals surface area contributed by atoms with Crippen LogP contribution in [-0.4, -0.2) is 4.57 Å². The summed E-state index contributed by atoms with van der Waals surface area (Å²) in [4.78, 5) is 2.43. The van der Waals surface area contributed by atoms with Crippen molar-refractivity contribution in [3.63, 3.8) is 0 Å². The van der Waals surface area contributed by atoms with Crippen molar-refractivity contribution in [2.45, 2.75) is 0 Å². The molecule has 0 spiro atoms. The zero-order valence-corrected chi connectivity index (χ0v) is 28.5. The van der Waals surface area contributed by atoms with Gasteiger partial charge in [-0.15, -0.1) is 0 Å². The first-order chi connectivity index (χ1) is 25.8. The molecule has 0 atom stereocenters. The highest BCUT2D eigenvalue weighted by atomic mass is 15.1. The molecule has 0 N–H and O–H groups in total. The maximum Gasteiger partial charge on any atom is 0.0618 e. The number of benzene rings is 9. The van der Waals surface area contributed by atoms with Gasteiger partial charge in [0.1, 0.15) is 0 Å². The number of rotatable bonds is 6. The Morgan fingerprint density at radius 2 is 0.885 bits per heavy atom. The fourth-order valence-electron chi connectivity index (χ4n) is 7.96. The summed E-state index contributed by atoms with van der Waals surface area (Å²) >= 11 is 0. The lowest BCUT2D eigenvalue weighted by molar-refractivity contribution is 1.19. The molecule has 0 saturated carbocycles. The Kier molecular flexibility index (Phi) is 7.18. The van der Waals surface area contributed by atoms with Crippen molar-refractivity contribution in [2.24, 2.45) is 0 Å². The van der Waals surface area contributed by atoms with Crippen LogP contribution in [0.15, 0.2) is 206 Å². The second-order valence-corrected chi connectivity index (χ2v) is 13.4. The molecule has 0 aliphatic rings. The van der Waals surface area contributed by atoms with Gasteiger partial charge < -0.3 is 9.47 Å². The van der Waals surface area contributed by atoms with Crippen LogP contribution in [0.1, 0.15) is 0 Å². The smallest absolute Gasteiger partial charge is 0.0618 e. The van der Waals surface area contributed by atoms with E-state index in [0.29, 0.717) is 0 Å². The zero-order chi connectivity index (χ0) is 34.4. The minimum absolute atomic E-state index is 1.09. The first-order valence-corrected chi connectivity index (χ1v) is 17.9. The highest BCUT2D eigenvalue weighted by Crippen LogP contribution is 2.45. The summed E-state index contributed by atoms with van der Waals surface area (Å²) in [7, 11) is 0. The molecule has 0 unspecified atom stereocenters. The van der Waals surface area contributed by atoms with Gasteiger partial charge >= 0.3 is 0 Å². The summed E-state index contributed by atoms with van der Waals surface area (Å²) in [6.45, 7) is 0. The third kappa shape index (κ3) is 4.96. The average molecular weight is 663 g/mol. The summed E-state index contributed by atoms with van der Waals surface area (Å²) in [6.07, 6.45) is 0. The average Bonchev–Trinajstić information content (AvgIpc) is 3.54. The molecule has 0 aliphatic carbocycles. The molecule has 1 aromatic heterocycles. The van der Waals surface area contributed by atoms with E-state index in [1.165, 1.54) is 65.8 Å². The lowest BCUT2D eigenvalue weighted by Crippen LogP contribution is -2.11. The summed E-state index contributed by atoms with van der Waals surface area (Å²) in [6, 6.07) is 74.8. The Morgan fingerprint density at radius 3 is 1.69 bits per heavy atom. The normalized spacial score (nSPS) is 11.5. The Labute approximate surface area is 303 Å². The maximum absolute atomic E-state index is 2.50. The van der Waals surface area contributed by atoms with Gasteiger partial charge in [0.15, 0.2) is 0 Å². The molecule has 244 valence electrons. The molecule has 0 bridgehead atoms. The number of hydrogen-bond donors (Lipinski definition) is 0. The van der Waals surface area contributed by atoms with Crippen molar-refractivity contribution >= 4 is 60.4 Å². The molecule has 0 fully saturated rings. The second-order valence-electron chi connectivity index (χ2n) is 13.4. The van der Waals surface area contributed by atoms with Crippen LogP contribution in [0.4, 0.5) is 17.1 Å². The van der Waals surface area contributed by atoms with E-state index in [4.69, 9.17) is 0 Å². The molecule has 10 aromatic rings. The van der Waals surface area contributed by atoms with Gasteiger partial charge in [-0.1, -0.05) is 170 Å². The van der Waals surface area contributed by atoms with Crippen molar-refractivity contribution in [1.82, 2.24) is 4.57 Å². The largest absolute Gasteiger partial charge is 0.310 e. The first-order valence-electron chi connectivity index (χ1n) is 17.9. The van der Waals surface area contributed by atoms with Crippen LogP contribution in [0.2, 0.25) is 0 Å². The van der Waals surface area contributed by atoms with Crippen LogP contribution >= 0.6 is 0 Å². The van der Waals surface area contributed by atoms with E-state index in [0.717, 1.165) is 22.6 Å². The first kappa shape index (κ1) is 30.0. The third-order valence-corrected chi connectivity index (χ3v) is 10.3. The van der Waals surface area contributed by atoms with Crippen molar-refractivity contribution < 1.29 is 0 Å². The fourth-order valence-corrected chi connectivity index (χ4v) is 7.96. The van der Waals surface area contributed by atoms with Gasteiger partial charge in [0.25, 0.3) is 0 Å². The topological polar surface area (TPSA) is 8.17 Å². The van der Waals surface area contributed by atoms with Crippen molar-refractivity contribution in [2.75, 3.05) is 4.90 Å². The lowest BCUT2D eigenvalue weighted by Gasteiger charge is -2.28. The number of fused-ring (bicyclic) bond motifs is 5. The van der Waals surface area contributed by atoms with E-state index >= 15 is 0 Å². The number of para-hydroxylation sites is 2. The molecular formula is C50H34N2. The Hall–Kier alpha value is -6.90. The van der Waals surface area contributed by atoms with Gasteiger partial charge in [0, 0.05) is 38.7 Å². The van der Waals surface area contributed by atoms with Gasteiger partial charge in [-0.2, -0.15) is 0 Å². The molecule has 2 nitrogen and oxygen atoms in total. The Morgan fingerprint density at radius 1 is 0.327 bits per heavy atom. The molecule has 0 amide bonds. The highest BCUT2D eigenvalue weighted by molar-refractivity contribution is 6.13. The fraction of sp³-hybridized carbons (Fsp3) is 0. The van der Waals surface area contributed by atoms with Crippen LogP contribution in [0, 0.1) is 0 Å². The van der Waals surface area contributed by atoms with E-state index in [1.807, 2.05) is 0 Å². The highest BCUT2D eigenvalue weighted by Gasteiger charge is 2.22. The number of anilines is 3. The predicted molar refractivity (Wildman–Crippen MR) is 221 cm³/mol. The van der Waals surface area contributed by atoms with Crippen molar-refractivity contribution in [3.05, 3.63) is 206 Å². The number of aromatic nitrogens is 1. The predicted octanol–water partition coefficient (Wildman–Crippen LogP) is 13.9. The van der Waals surface area contributed by atoms with Crippen LogP contribution < -0.4 is 4.90 Å². The van der Waals surface area contributed by atoms with E-state index < -0.39 is 0 Å². The number of nitrogens with zero attached hydrogens (tertiary/aromatic N) is 2. The molecule has 1 heterocycles. The standard InChI is InChI=1S/C50H34N2/c1-3-16-36(17-4-1)42-22-11-13-25-47(42)51(40-29-27-35-15-7-8-21-39(35)33-40)41-30-32-46-45-24-12-14-26-48(45)52(49(46)34-41)50-43-23-10-9-20-38(43)28-31-44(50)37-18-5-2-6-19-37/h1-34H. The van der Waals surface area contributed by atoms with Crippen LogP contribution in [0.25, 0.3) is 71.3 Å². The maximum atomic E-state index is 2.50. The van der Waals surface area contributed by atoms with Gasteiger partial charge in [0.05, 0.1) is 22.4 Å². The molecule has 2 heteroatoms. The summed E-state index contributed by atoms with van der Waals surface area (Å²) in [5, 5.41) is 7.33. The zero-order valence-electron chi connectivity index (χ0n) is 28.5. The molecular weight excluding hydrogens is 629 g/mol. The third-order valence-electron chi connectivity index (χ3n) is 10.3. The molecule has 0 aliphatic heterocycles. The monoisotopic (exact) mass is 662 g/mol. The van der Waals surface area contributed by atoms with Crippen molar-refractivity contribution in [3.8, 4) is 27.9 Å². The summed E-state index contributed by atoms with van der Waals surface area (Å²) in [5.74, 6) is 0. The molecule has 0 radical (unpaired) electrons. The van der Waals surface area contributed by atoms with E-state index in [9.17, 15) is 0 Å². The molecule has 52 heavy (non-hydrogen) atoms. The molecule has 0 saturated heterocycles. The van der Waals surface area contributed by atoms with Gasteiger partial charge in [0.2, 0.25) is 0 Å². The molecule has 10 rings (SSSR count). The van der Waals surface area contributed by atoms with E-state index in [-0.39, 0.29) is 0 Å². The van der Waals surface area contributed by atoms with Gasteiger partial charge in [-0.05, 0) is 63.7 Å². The summed E-state index contributed by atoms with van der Waals surface area (Å²) in [5.41, 5.74) is 11.6. The van der Waals surface area contributed by atoms with Gasteiger partial charge in [-0.3, -0.25) is 0 Å². The van der Waals surface area contributed by atoms with Crippen LogP contribution in [0.5, 0.6) is 0 Å². The van der Waals surface area contributed by atoms with Crippen LogP contribution in [0.3, 0.4) is 0 Å². The van der Waals surface area contributed by atoms with E-state index in [1.54, 1.807) is 0 Å².